The Labute approximate surface area is 181 Å². The van der Waals surface area contributed by atoms with Crippen molar-refractivity contribution in [3.8, 4) is 0 Å². The van der Waals surface area contributed by atoms with Crippen LogP contribution in [-0.4, -0.2) is 4.57 Å². The Morgan fingerprint density at radius 2 is 1.16 bits per heavy atom. The average Bonchev–Trinajstić information content (AvgIpc) is 3.14. The van der Waals surface area contributed by atoms with Crippen molar-refractivity contribution in [3.63, 3.8) is 0 Å². The molecule has 0 saturated carbocycles. The number of benzene rings is 5. The van der Waals surface area contributed by atoms with Gasteiger partial charge in [-0.25, -0.2) is 0 Å². The number of rotatable bonds is 3. The van der Waals surface area contributed by atoms with Gasteiger partial charge < -0.3 is 9.47 Å². The summed E-state index contributed by atoms with van der Waals surface area (Å²) < 4.78 is 2.34. The maximum Gasteiger partial charge on any atom is 0.0733 e. The summed E-state index contributed by atoms with van der Waals surface area (Å²) in [4.78, 5) is 2.35. The highest BCUT2D eigenvalue weighted by Gasteiger charge is 2.19. The highest BCUT2D eigenvalue weighted by Crippen LogP contribution is 2.42. The molecule has 6 aromatic rings. The second-order valence-corrected chi connectivity index (χ2v) is 7.92. The summed E-state index contributed by atoms with van der Waals surface area (Å²) in [7, 11) is 2.18. The number of aromatic nitrogens is 1. The molecular weight excluding hydrogens is 376 g/mol. The molecule has 0 aliphatic rings. The minimum Gasteiger partial charge on any atom is -0.342 e. The van der Waals surface area contributed by atoms with E-state index in [1.165, 1.54) is 38.3 Å². The first-order valence-corrected chi connectivity index (χ1v) is 10.6. The standard InChI is InChI=1S/C29H22N2/c1-30-26-20-19-21-11-8-9-16-24(21)28(26)25-17-10-18-27(29(25)30)31(22-12-4-2-5-13-22)23-14-6-3-7-15-23/h2-20H,1H3. The number of nitrogens with zero attached hydrogens (tertiary/aromatic N) is 2. The largest absolute Gasteiger partial charge is 0.342 e. The zero-order chi connectivity index (χ0) is 20.8. The molecule has 1 heterocycles. The van der Waals surface area contributed by atoms with Crippen LogP contribution in [0.4, 0.5) is 17.1 Å². The van der Waals surface area contributed by atoms with Gasteiger partial charge in [0, 0.05) is 34.7 Å². The molecule has 0 atom stereocenters. The molecule has 148 valence electrons. The van der Waals surface area contributed by atoms with E-state index in [1.54, 1.807) is 0 Å². The fraction of sp³-hybridized carbons (Fsp3) is 0.0345. The van der Waals surface area contributed by atoms with Crippen molar-refractivity contribution in [2.24, 2.45) is 7.05 Å². The molecule has 0 radical (unpaired) electrons. The first-order chi connectivity index (χ1) is 15.3. The van der Waals surface area contributed by atoms with Crippen molar-refractivity contribution in [1.82, 2.24) is 4.57 Å². The quantitative estimate of drug-likeness (QED) is 0.293. The molecule has 0 unspecified atom stereocenters. The molecule has 0 saturated heterocycles. The van der Waals surface area contributed by atoms with Crippen LogP contribution in [0.3, 0.4) is 0 Å². The van der Waals surface area contributed by atoms with E-state index in [2.05, 4.69) is 132 Å². The van der Waals surface area contributed by atoms with Gasteiger partial charge in [0.1, 0.15) is 0 Å². The van der Waals surface area contributed by atoms with E-state index in [9.17, 15) is 0 Å². The Balaban J connectivity index is 1.74. The molecule has 0 fully saturated rings. The third kappa shape index (κ3) is 2.72. The summed E-state index contributed by atoms with van der Waals surface area (Å²) in [5.41, 5.74) is 5.97. The zero-order valence-electron chi connectivity index (χ0n) is 17.4. The Bertz CT molecular complexity index is 1490. The highest BCUT2D eigenvalue weighted by atomic mass is 15.2. The normalized spacial score (nSPS) is 11.4. The van der Waals surface area contributed by atoms with Crippen LogP contribution in [0.1, 0.15) is 0 Å². The number of anilines is 3. The summed E-state index contributed by atoms with van der Waals surface area (Å²) in [6.45, 7) is 0. The van der Waals surface area contributed by atoms with Gasteiger partial charge in [0.15, 0.2) is 0 Å². The van der Waals surface area contributed by atoms with E-state index < -0.39 is 0 Å². The molecule has 0 aliphatic carbocycles. The SMILES string of the molecule is Cn1c2ccc3ccccc3c2c2cccc(N(c3ccccc3)c3ccccc3)c21. The van der Waals surface area contributed by atoms with Crippen molar-refractivity contribution in [3.05, 3.63) is 115 Å². The van der Waals surface area contributed by atoms with Crippen LogP contribution in [0.5, 0.6) is 0 Å². The second-order valence-electron chi connectivity index (χ2n) is 7.92. The van der Waals surface area contributed by atoms with E-state index in [1.807, 2.05) is 0 Å². The van der Waals surface area contributed by atoms with Gasteiger partial charge in [-0.2, -0.15) is 0 Å². The Kier molecular flexibility index (Phi) is 4.03. The fourth-order valence-electron chi connectivity index (χ4n) is 4.79. The van der Waals surface area contributed by atoms with Crippen LogP contribution in [-0.2, 0) is 7.05 Å². The van der Waals surface area contributed by atoms with Crippen LogP contribution in [0.2, 0.25) is 0 Å². The monoisotopic (exact) mass is 398 g/mol. The lowest BCUT2D eigenvalue weighted by Gasteiger charge is -2.26. The Hall–Kier alpha value is -4.04. The molecule has 0 amide bonds. The molecule has 0 spiro atoms. The maximum atomic E-state index is 2.35. The topological polar surface area (TPSA) is 8.17 Å². The fourth-order valence-corrected chi connectivity index (χ4v) is 4.79. The molecule has 2 nitrogen and oxygen atoms in total. The van der Waals surface area contributed by atoms with E-state index in [0.717, 1.165) is 11.4 Å². The van der Waals surface area contributed by atoms with Crippen LogP contribution < -0.4 is 4.90 Å². The van der Waals surface area contributed by atoms with Crippen molar-refractivity contribution in [1.29, 1.82) is 0 Å². The molecule has 0 N–H and O–H groups in total. The molecule has 2 heteroatoms. The molecule has 1 aromatic heterocycles. The first kappa shape index (κ1) is 17.8. The lowest BCUT2D eigenvalue weighted by Crippen LogP contribution is -2.11. The summed E-state index contributed by atoms with van der Waals surface area (Å²) in [6, 6.07) is 41.0. The van der Waals surface area contributed by atoms with Gasteiger partial charge in [0.2, 0.25) is 0 Å². The Morgan fingerprint density at radius 3 is 1.87 bits per heavy atom. The summed E-state index contributed by atoms with van der Waals surface area (Å²) >= 11 is 0. The van der Waals surface area contributed by atoms with E-state index in [0.29, 0.717) is 0 Å². The summed E-state index contributed by atoms with van der Waals surface area (Å²) in [6.07, 6.45) is 0. The third-order valence-corrected chi connectivity index (χ3v) is 6.16. The van der Waals surface area contributed by atoms with Crippen LogP contribution in [0.25, 0.3) is 32.6 Å². The van der Waals surface area contributed by atoms with Gasteiger partial charge in [0.25, 0.3) is 0 Å². The van der Waals surface area contributed by atoms with Crippen LogP contribution in [0, 0.1) is 0 Å². The van der Waals surface area contributed by atoms with E-state index in [-0.39, 0.29) is 0 Å². The van der Waals surface area contributed by atoms with Gasteiger partial charge in [-0.1, -0.05) is 78.9 Å². The van der Waals surface area contributed by atoms with Gasteiger partial charge in [-0.15, -0.1) is 0 Å². The highest BCUT2D eigenvalue weighted by molar-refractivity contribution is 6.23. The minimum atomic E-state index is 1.15. The first-order valence-electron chi connectivity index (χ1n) is 10.6. The molecule has 0 aliphatic heterocycles. The van der Waals surface area contributed by atoms with E-state index in [4.69, 9.17) is 0 Å². The van der Waals surface area contributed by atoms with Crippen molar-refractivity contribution >= 4 is 49.6 Å². The van der Waals surface area contributed by atoms with Crippen LogP contribution >= 0.6 is 0 Å². The van der Waals surface area contributed by atoms with Crippen molar-refractivity contribution in [2.75, 3.05) is 4.90 Å². The zero-order valence-corrected chi connectivity index (χ0v) is 17.4. The van der Waals surface area contributed by atoms with Gasteiger partial charge in [-0.3, -0.25) is 0 Å². The molecule has 31 heavy (non-hydrogen) atoms. The number of para-hydroxylation sites is 3. The third-order valence-electron chi connectivity index (χ3n) is 6.16. The van der Waals surface area contributed by atoms with Gasteiger partial charge in [-0.05, 0) is 47.2 Å². The number of hydrogen-bond donors (Lipinski definition) is 0. The Morgan fingerprint density at radius 1 is 0.548 bits per heavy atom. The predicted molar refractivity (Wildman–Crippen MR) is 133 cm³/mol. The second kappa shape index (κ2) is 7.03. The number of aryl methyl sites for hydroxylation is 1. The minimum absolute atomic E-state index is 1.15. The number of hydrogen-bond acceptors (Lipinski definition) is 1. The number of fused-ring (bicyclic) bond motifs is 5. The predicted octanol–water partition coefficient (Wildman–Crippen LogP) is 7.95. The summed E-state index contributed by atoms with van der Waals surface area (Å²) in [5, 5.41) is 5.17. The molecule has 6 rings (SSSR count). The molecule has 5 aromatic carbocycles. The maximum absolute atomic E-state index is 2.35. The average molecular weight is 399 g/mol. The van der Waals surface area contributed by atoms with Crippen molar-refractivity contribution in [2.45, 2.75) is 0 Å². The van der Waals surface area contributed by atoms with Crippen molar-refractivity contribution < 1.29 is 0 Å². The van der Waals surface area contributed by atoms with E-state index >= 15 is 0 Å². The van der Waals surface area contributed by atoms with Gasteiger partial charge >= 0.3 is 0 Å². The lowest BCUT2D eigenvalue weighted by atomic mass is 10.0. The smallest absolute Gasteiger partial charge is 0.0733 e. The lowest BCUT2D eigenvalue weighted by molar-refractivity contribution is 1.01. The molecular formula is C29H22N2. The van der Waals surface area contributed by atoms with Gasteiger partial charge in [0.05, 0.1) is 11.2 Å². The molecule has 0 bridgehead atoms. The summed E-state index contributed by atoms with van der Waals surface area (Å²) in [5.74, 6) is 0. The van der Waals surface area contributed by atoms with Crippen LogP contribution in [0.15, 0.2) is 115 Å².